The lowest BCUT2D eigenvalue weighted by atomic mass is 10.1. The van der Waals surface area contributed by atoms with Crippen LogP contribution < -0.4 is 15.8 Å². The van der Waals surface area contributed by atoms with Gasteiger partial charge in [-0.3, -0.25) is 25.2 Å². The van der Waals surface area contributed by atoms with E-state index in [0.717, 1.165) is 0 Å². The van der Waals surface area contributed by atoms with Gasteiger partial charge in [0.15, 0.2) is 0 Å². The Hall–Kier alpha value is -2.74. The molecule has 2 N–H and O–H groups in total. The van der Waals surface area contributed by atoms with Gasteiger partial charge in [0.2, 0.25) is 11.8 Å². The molecule has 26 heavy (non-hydrogen) atoms. The molecule has 1 heterocycles. The number of nitrogens with zero attached hydrogens (tertiary/aromatic N) is 1. The van der Waals surface area contributed by atoms with Crippen molar-refractivity contribution in [3.8, 4) is 0 Å². The fourth-order valence-electron chi connectivity index (χ4n) is 2.72. The monoisotopic (exact) mass is 419 g/mol. The summed E-state index contributed by atoms with van der Waals surface area (Å²) in [5.74, 6) is -2.53. The second kappa shape index (κ2) is 7.65. The summed E-state index contributed by atoms with van der Waals surface area (Å²) in [6.07, 6.45) is -0.0505. The predicted octanol–water partition coefficient (Wildman–Crippen LogP) is 2.40. The first-order valence-corrected chi connectivity index (χ1v) is 8.66. The molecule has 0 radical (unpaired) electrons. The summed E-state index contributed by atoms with van der Waals surface area (Å²) in [5.41, 5.74) is 5.16. The number of hydrogen-bond acceptors (Lipinski definition) is 3. The van der Waals surface area contributed by atoms with Crippen molar-refractivity contribution >= 4 is 39.3 Å². The van der Waals surface area contributed by atoms with Crippen LogP contribution in [-0.4, -0.2) is 24.3 Å². The summed E-state index contributed by atoms with van der Waals surface area (Å²) in [6, 6.07) is 12.7. The molecule has 6 nitrogen and oxygen atoms in total. The summed E-state index contributed by atoms with van der Waals surface area (Å²) < 4.78 is 14.5. The van der Waals surface area contributed by atoms with E-state index < -0.39 is 23.5 Å². The normalized spacial score (nSPS) is 16.5. The molecule has 0 aromatic heterocycles. The van der Waals surface area contributed by atoms with E-state index in [2.05, 4.69) is 26.8 Å². The van der Waals surface area contributed by atoms with Gasteiger partial charge >= 0.3 is 0 Å². The minimum atomic E-state index is -0.679. The van der Waals surface area contributed by atoms with Crippen LogP contribution in [0.2, 0.25) is 0 Å². The van der Waals surface area contributed by atoms with Crippen molar-refractivity contribution in [1.29, 1.82) is 0 Å². The van der Waals surface area contributed by atoms with Crippen molar-refractivity contribution in [3.63, 3.8) is 0 Å². The molecule has 0 bridgehead atoms. The smallest absolute Gasteiger partial charge is 0.270 e. The maximum Gasteiger partial charge on any atom is 0.270 e. The predicted molar refractivity (Wildman–Crippen MR) is 96.6 cm³/mol. The van der Waals surface area contributed by atoms with Crippen LogP contribution in [0.3, 0.4) is 0 Å². The zero-order valence-electron chi connectivity index (χ0n) is 13.5. The maximum atomic E-state index is 13.9. The summed E-state index contributed by atoms with van der Waals surface area (Å²) in [4.78, 5) is 37.7. The highest BCUT2D eigenvalue weighted by Gasteiger charge is 2.36. The molecule has 3 amide bonds. The molecular formula is C18H15BrFN3O3. The summed E-state index contributed by atoms with van der Waals surface area (Å²) in [7, 11) is 0. The van der Waals surface area contributed by atoms with E-state index in [4.69, 9.17) is 0 Å². The molecule has 1 aliphatic heterocycles. The van der Waals surface area contributed by atoms with Crippen LogP contribution in [0, 0.1) is 11.7 Å². The highest BCUT2D eigenvalue weighted by atomic mass is 79.9. The topological polar surface area (TPSA) is 78.5 Å². The van der Waals surface area contributed by atoms with Crippen LogP contribution in [0.4, 0.5) is 10.1 Å². The molecule has 1 atom stereocenters. The lowest BCUT2D eigenvalue weighted by molar-refractivity contribution is -0.126. The zero-order chi connectivity index (χ0) is 18.7. The van der Waals surface area contributed by atoms with Gasteiger partial charge in [-0.1, -0.05) is 24.3 Å². The van der Waals surface area contributed by atoms with Crippen LogP contribution in [0.15, 0.2) is 53.0 Å². The van der Waals surface area contributed by atoms with Crippen molar-refractivity contribution in [1.82, 2.24) is 10.9 Å². The SMILES string of the molecule is O=C(NNC(=O)C1CC(=O)N(c2ccccc2F)C1)c1ccccc1Br. The maximum absolute atomic E-state index is 13.9. The van der Waals surface area contributed by atoms with E-state index in [1.807, 2.05) is 0 Å². The largest absolute Gasteiger partial charge is 0.309 e. The average Bonchev–Trinajstić information content (AvgIpc) is 3.02. The molecule has 1 fully saturated rings. The first-order chi connectivity index (χ1) is 12.5. The number of rotatable bonds is 3. The van der Waals surface area contributed by atoms with Gasteiger partial charge in [-0.05, 0) is 40.2 Å². The van der Waals surface area contributed by atoms with Gasteiger partial charge in [0.25, 0.3) is 5.91 Å². The minimum absolute atomic E-state index is 0.0505. The van der Waals surface area contributed by atoms with Crippen molar-refractivity contribution in [3.05, 3.63) is 64.4 Å². The van der Waals surface area contributed by atoms with E-state index in [1.54, 1.807) is 30.3 Å². The number of hydrazine groups is 1. The highest BCUT2D eigenvalue weighted by molar-refractivity contribution is 9.10. The molecule has 2 aromatic rings. The summed E-state index contributed by atoms with van der Waals surface area (Å²) in [5, 5.41) is 0. The third-order valence-electron chi connectivity index (χ3n) is 4.06. The van der Waals surface area contributed by atoms with Crippen molar-refractivity contribution in [2.45, 2.75) is 6.42 Å². The van der Waals surface area contributed by atoms with E-state index in [9.17, 15) is 18.8 Å². The number of para-hydroxylation sites is 1. The van der Waals surface area contributed by atoms with Crippen molar-refractivity contribution in [2.24, 2.45) is 5.92 Å². The van der Waals surface area contributed by atoms with Crippen LogP contribution in [0.1, 0.15) is 16.8 Å². The third-order valence-corrected chi connectivity index (χ3v) is 4.75. The Morgan fingerprint density at radius 1 is 1.08 bits per heavy atom. The molecule has 1 unspecified atom stereocenters. The Morgan fingerprint density at radius 3 is 2.50 bits per heavy atom. The molecule has 3 rings (SSSR count). The Balaban J connectivity index is 1.61. The van der Waals surface area contributed by atoms with E-state index in [1.165, 1.54) is 23.1 Å². The summed E-state index contributed by atoms with van der Waals surface area (Å²) >= 11 is 3.26. The fourth-order valence-corrected chi connectivity index (χ4v) is 3.18. The fraction of sp³-hybridized carbons (Fsp3) is 0.167. The quantitative estimate of drug-likeness (QED) is 0.749. The van der Waals surface area contributed by atoms with Crippen LogP contribution in [-0.2, 0) is 9.59 Å². The number of halogens is 2. The van der Waals surface area contributed by atoms with Crippen LogP contribution in [0.25, 0.3) is 0 Å². The first kappa shape index (κ1) is 18.1. The second-order valence-electron chi connectivity index (χ2n) is 5.78. The Morgan fingerprint density at radius 2 is 1.77 bits per heavy atom. The first-order valence-electron chi connectivity index (χ1n) is 7.87. The molecule has 1 aliphatic rings. The molecule has 8 heteroatoms. The van der Waals surface area contributed by atoms with Gasteiger partial charge in [0.05, 0.1) is 17.2 Å². The van der Waals surface area contributed by atoms with E-state index in [0.29, 0.717) is 10.0 Å². The Bertz CT molecular complexity index is 874. The number of anilines is 1. The minimum Gasteiger partial charge on any atom is -0.309 e. The van der Waals surface area contributed by atoms with Gasteiger partial charge in [0, 0.05) is 17.4 Å². The number of hydrogen-bond donors (Lipinski definition) is 2. The molecule has 1 saturated heterocycles. The molecule has 0 spiro atoms. The van der Waals surface area contributed by atoms with Gasteiger partial charge in [-0.2, -0.15) is 0 Å². The number of carbonyl (C=O) groups is 3. The molecule has 2 aromatic carbocycles. The lowest BCUT2D eigenvalue weighted by Gasteiger charge is -2.17. The average molecular weight is 420 g/mol. The Kier molecular flexibility index (Phi) is 5.32. The number of nitrogens with one attached hydrogen (secondary N) is 2. The summed E-state index contributed by atoms with van der Waals surface area (Å²) in [6.45, 7) is 0.0521. The molecule has 0 aliphatic carbocycles. The third kappa shape index (κ3) is 3.75. The lowest BCUT2D eigenvalue weighted by Crippen LogP contribution is -2.45. The highest BCUT2D eigenvalue weighted by Crippen LogP contribution is 2.27. The number of benzene rings is 2. The van der Waals surface area contributed by atoms with Gasteiger partial charge in [0.1, 0.15) is 5.82 Å². The number of amides is 3. The van der Waals surface area contributed by atoms with Crippen molar-refractivity contribution < 1.29 is 18.8 Å². The van der Waals surface area contributed by atoms with E-state index >= 15 is 0 Å². The molecular weight excluding hydrogens is 405 g/mol. The standard InChI is InChI=1S/C18H15BrFN3O3/c19-13-6-2-1-5-12(13)18(26)22-21-17(25)11-9-16(24)23(10-11)15-8-4-3-7-14(15)20/h1-8,11H,9-10H2,(H,21,25)(H,22,26). The second-order valence-corrected chi connectivity index (χ2v) is 6.63. The van der Waals surface area contributed by atoms with Crippen LogP contribution >= 0.6 is 15.9 Å². The van der Waals surface area contributed by atoms with E-state index in [-0.39, 0.29) is 24.6 Å². The molecule has 0 saturated carbocycles. The number of carbonyl (C=O) groups excluding carboxylic acids is 3. The molecule has 134 valence electrons. The van der Waals surface area contributed by atoms with Gasteiger partial charge < -0.3 is 4.90 Å². The van der Waals surface area contributed by atoms with Gasteiger partial charge in [-0.15, -0.1) is 0 Å². The van der Waals surface area contributed by atoms with Crippen LogP contribution in [0.5, 0.6) is 0 Å². The zero-order valence-corrected chi connectivity index (χ0v) is 15.1. The van der Waals surface area contributed by atoms with Gasteiger partial charge in [-0.25, -0.2) is 4.39 Å². The van der Waals surface area contributed by atoms with Crippen molar-refractivity contribution in [2.75, 3.05) is 11.4 Å². The Labute approximate surface area is 157 Å².